The number of nitrogens with two attached hydrogens (primary N) is 1. The van der Waals surface area contributed by atoms with E-state index in [2.05, 4.69) is 27.3 Å². The molecule has 0 radical (unpaired) electrons. The molecule has 3 N–H and O–H groups in total. The number of anilines is 2. The first-order valence-electron chi connectivity index (χ1n) is 9.27. The van der Waals surface area contributed by atoms with E-state index in [-0.39, 0.29) is 0 Å². The van der Waals surface area contributed by atoms with Crippen molar-refractivity contribution in [2.24, 2.45) is 5.73 Å². The first kappa shape index (κ1) is 17.8. The van der Waals surface area contributed by atoms with Gasteiger partial charge in [-0.2, -0.15) is 11.8 Å². The number of imidazole rings is 1. The Morgan fingerprint density at radius 2 is 2.04 bits per heavy atom. The molecule has 28 heavy (non-hydrogen) atoms. The van der Waals surface area contributed by atoms with Crippen molar-refractivity contribution in [1.29, 1.82) is 0 Å². The van der Waals surface area contributed by atoms with Crippen LogP contribution in [0.1, 0.15) is 16.8 Å². The summed E-state index contributed by atoms with van der Waals surface area (Å²) in [4.78, 5) is 11.6. The highest BCUT2D eigenvalue weighted by Crippen LogP contribution is 2.41. The van der Waals surface area contributed by atoms with Crippen LogP contribution < -0.4 is 16.0 Å². The van der Waals surface area contributed by atoms with Crippen molar-refractivity contribution in [1.82, 2.24) is 14.5 Å². The molecule has 144 valence electrons. The first-order chi connectivity index (χ1) is 13.6. The smallest absolute Gasteiger partial charge is 0.164 e. The van der Waals surface area contributed by atoms with Crippen molar-refractivity contribution in [3.05, 3.63) is 64.7 Å². The summed E-state index contributed by atoms with van der Waals surface area (Å²) in [5.41, 5.74) is 9.50. The average molecular weight is 413 g/mol. The van der Waals surface area contributed by atoms with E-state index in [4.69, 9.17) is 22.3 Å². The van der Waals surface area contributed by atoms with Gasteiger partial charge in [-0.3, -0.25) is 10.3 Å². The molecule has 0 aliphatic carbocycles. The molecule has 0 spiro atoms. The summed E-state index contributed by atoms with van der Waals surface area (Å²) in [6.45, 7) is 4.05. The van der Waals surface area contributed by atoms with E-state index in [1.807, 2.05) is 41.5 Å². The van der Waals surface area contributed by atoms with Crippen LogP contribution in [0, 0.1) is 6.92 Å². The molecule has 4 heterocycles. The number of fused-ring (bicyclic) bond motifs is 3. The second kappa shape index (κ2) is 6.69. The quantitative estimate of drug-likeness (QED) is 0.672. The summed E-state index contributed by atoms with van der Waals surface area (Å²) in [7, 11) is 0. The molecule has 1 atom stereocenters. The molecule has 2 aliphatic heterocycles. The predicted octanol–water partition coefficient (Wildman–Crippen LogP) is 3.37. The number of thioether (sulfide) groups is 1. The summed E-state index contributed by atoms with van der Waals surface area (Å²) in [6, 6.07) is 9.93. The average Bonchev–Trinajstić information content (AvgIpc) is 3.20. The fourth-order valence-electron chi connectivity index (χ4n) is 4.04. The highest BCUT2D eigenvalue weighted by atomic mass is 35.5. The summed E-state index contributed by atoms with van der Waals surface area (Å²) in [6.07, 6.45) is 3.55. The van der Waals surface area contributed by atoms with E-state index in [1.54, 1.807) is 12.5 Å². The van der Waals surface area contributed by atoms with Gasteiger partial charge in [0, 0.05) is 35.2 Å². The van der Waals surface area contributed by atoms with Crippen LogP contribution in [-0.4, -0.2) is 39.1 Å². The maximum Gasteiger partial charge on any atom is 0.164 e. The fourth-order valence-corrected chi connectivity index (χ4v) is 5.32. The first-order valence-corrected chi connectivity index (χ1v) is 10.8. The third kappa shape index (κ3) is 2.69. The number of benzene rings is 1. The molecule has 2 aromatic heterocycles. The number of nitrogens with one attached hydrogen (secondary N) is 1. The van der Waals surface area contributed by atoms with Gasteiger partial charge in [0.25, 0.3) is 0 Å². The molecule has 1 fully saturated rings. The largest absolute Gasteiger partial charge is 0.356 e. The van der Waals surface area contributed by atoms with Gasteiger partial charge in [0.1, 0.15) is 12.1 Å². The highest BCUT2D eigenvalue weighted by molar-refractivity contribution is 7.99. The third-order valence-electron chi connectivity index (χ3n) is 5.41. The number of pyridine rings is 1. The zero-order chi connectivity index (χ0) is 19.3. The van der Waals surface area contributed by atoms with Gasteiger partial charge in [-0.15, -0.1) is 0 Å². The van der Waals surface area contributed by atoms with Crippen LogP contribution in [0.5, 0.6) is 0 Å². The zero-order valence-corrected chi connectivity index (χ0v) is 17.1. The monoisotopic (exact) mass is 412 g/mol. The topological polar surface area (TPSA) is 72.0 Å². The molecule has 6 nitrogen and oxygen atoms in total. The fraction of sp³-hybridized carbons (Fsp3) is 0.300. The van der Waals surface area contributed by atoms with Crippen LogP contribution in [0.15, 0.2) is 42.9 Å². The second-order valence-corrected chi connectivity index (χ2v) is 8.79. The van der Waals surface area contributed by atoms with Gasteiger partial charge in [-0.05, 0) is 30.7 Å². The molecule has 1 unspecified atom stereocenters. The number of hydrogen-bond donors (Lipinski definition) is 2. The summed E-state index contributed by atoms with van der Waals surface area (Å²) in [5.74, 6) is 4.06. The Morgan fingerprint density at radius 3 is 2.82 bits per heavy atom. The Hall–Kier alpha value is -2.22. The van der Waals surface area contributed by atoms with E-state index >= 15 is 0 Å². The summed E-state index contributed by atoms with van der Waals surface area (Å²) in [5, 5.41) is 4.12. The normalized spacial score (nSPS) is 21.0. The molecule has 5 rings (SSSR count). The van der Waals surface area contributed by atoms with Gasteiger partial charge >= 0.3 is 0 Å². The molecule has 8 heteroatoms. The van der Waals surface area contributed by atoms with Gasteiger partial charge in [0.05, 0.1) is 17.6 Å². The minimum Gasteiger partial charge on any atom is -0.356 e. The lowest BCUT2D eigenvalue weighted by Gasteiger charge is -2.39. The van der Waals surface area contributed by atoms with Crippen LogP contribution in [-0.2, 0) is 5.66 Å². The minimum atomic E-state index is -0.989. The summed E-state index contributed by atoms with van der Waals surface area (Å²) < 4.78 is 1.97. The second-order valence-electron chi connectivity index (χ2n) is 7.15. The molecule has 0 bridgehead atoms. The Kier molecular flexibility index (Phi) is 4.26. The lowest BCUT2D eigenvalue weighted by Crippen LogP contribution is -2.50. The maximum absolute atomic E-state index is 6.94. The Morgan fingerprint density at radius 1 is 1.21 bits per heavy atom. The number of nitrogens with zero attached hydrogens (tertiary/aromatic N) is 4. The molecule has 0 amide bonds. The van der Waals surface area contributed by atoms with Gasteiger partial charge in [0.15, 0.2) is 11.5 Å². The van der Waals surface area contributed by atoms with E-state index in [9.17, 15) is 0 Å². The minimum absolute atomic E-state index is 0.626. The van der Waals surface area contributed by atoms with Crippen molar-refractivity contribution < 1.29 is 0 Å². The standard InChI is InChI=1S/C20H21ClN6S/c1-13-3-2-4-14(21)18(13)20(22)16-11-23-12-27(16)19-15(25-20)5-6-17(24-19)26-7-9-28-10-8-26/h2-6,11-12,25H,7-10,22H2,1H3. The third-order valence-corrected chi connectivity index (χ3v) is 6.67. The van der Waals surface area contributed by atoms with Gasteiger partial charge < -0.3 is 10.2 Å². The Bertz CT molecular complexity index is 1020. The number of aryl methyl sites for hydroxylation is 1. The molecule has 3 aromatic rings. The molecular weight excluding hydrogens is 392 g/mol. The molecule has 1 aromatic carbocycles. The van der Waals surface area contributed by atoms with E-state index in [1.165, 1.54) is 0 Å². The SMILES string of the molecule is Cc1cccc(Cl)c1C1(N)Nc2ccc(N3CCSCC3)nc2-n2cncc21. The lowest BCUT2D eigenvalue weighted by molar-refractivity contribution is 0.564. The van der Waals surface area contributed by atoms with E-state index in [0.717, 1.165) is 58.7 Å². The maximum atomic E-state index is 6.94. The van der Waals surface area contributed by atoms with Crippen LogP contribution in [0.25, 0.3) is 5.82 Å². The number of rotatable bonds is 2. The van der Waals surface area contributed by atoms with Crippen molar-refractivity contribution >= 4 is 34.9 Å². The molecule has 1 saturated heterocycles. The molecule has 2 aliphatic rings. The number of halogens is 1. The van der Waals surface area contributed by atoms with Crippen LogP contribution in [0.4, 0.5) is 11.5 Å². The van der Waals surface area contributed by atoms with Gasteiger partial charge in [0.2, 0.25) is 0 Å². The summed E-state index contributed by atoms with van der Waals surface area (Å²) >= 11 is 8.55. The van der Waals surface area contributed by atoms with Crippen LogP contribution in [0.2, 0.25) is 5.02 Å². The Balaban J connectivity index is 1.64. The van der Waals surface area contributed by atoms with Gasteiger partial charge in [-0.25, -0.2) is 9.97 Å². The van der Waals surface area contributed by atoms with Crippen molar-refractivity contribution in [3.63, 3.8) is 0 Å². The van der Waals surface area contributed by atoms with E-state index < -0.39 is 5.66 Å². The lowest BCUT2D eigenvalue weighted by atomic mass is 9.91. The van der Waals surface area contributed by atoms with Crippen molar-refractivity contribution in [3.8, 4) is 5.82 Å². The van der Waals surface area contributed by atoms with Gasteiger partial charge in [-0.1, -0.05) is 23.7 Å². The number of hydrogen-bond acceptors (Lipinski definition) is 6. The predicted molar refractivity (Wildman–Crippen MR) is 116 cm³/mol. The molecular formula is C20H21ClN6S. The van der Waals surface area contributed by atoms with Crippen molar-refractivity contribution in [2.75, 3.05) is 34.8 Å². The Labute approximate surface area is 173 Å². The van der Waals surface area contributed by atoms with Crippen LogP contribution in [0.3, 0.4) is 0 Å². The highest BCUT2D eigenvalue weighted by Gasteiger charge is 2.40. The number of aromatic nitrogens is 3. The zero-order valence-electron chi connectivity index (χ0n) is 15.5. The van der Waals surface area contributed by atoms with Crippen molar-refractivity contribution in [2.45, 2.75) is 12.6 Å². The van der Waals surface area contributed by atoms with Crippen LogP contribution >= 0.6 is 23.4 Å². The van der Waals surface area contributed by atoms with E-state index in [0.29, 0.717) is 5.02 Å². The molecule has 0 saturated carbocycles.